The summed E-state index contributed by atoms with van der Waals surface area (Å²) in [5.41, 5.74) is 2.78. The van der Waals surface area contributed by atoms with Crippen LogP contribution in [-0.4, -0.2) is 5.78 Å². The smallest absolute Gasteiger partial charge is 0.126 e. The minimum Gasteiger partial charge on any atom is -0.300 e. The van der Waals surface area contributed by atoms with Crippen molar-refractivity contribution in [1.29, 1.82) is 0 Å². The van der Waals surface area contributed by atoms with Crippen molar-refractivity contribution in [1.82, 2.24) is 0 Å². The van der Waals surface area contributed by atoms with E-state index < -0.39 is 0 Å². The molecule has 1 nitrogen and oxygen atoms in total. The van der Waals surface area contributed by atoms with Gasteiger partial charge in [0.15, 0.2) is 0 Å². The standard InChI is InChI=1S/C9H12.C8H18.C4H10.C3H6O/c1-3-9-6-4-5-8(2)7-9;1-4-5-6-7-8(2)3;1-4(2)3;1-3(2)4/h4-7H,3H2,1-2H3;8H,4-7H2,1-3H3;4H,1-3H3;1-2H3. The lowest BCUT2D eigenvalue weighted by Crippen LogP contribution is -1.85. The third-order valence-corrected chi connectivity index (χ3v) is 2.88. The average Bonchev–Trinajstić information content (AvgIpc) is 2.46. The normalized spacial score (nSPS) is 9.28. The van der Waals surface area contributed by atoms with Crippen LogP contribution < -0.4 is 0 Å². The summed E-state index contributed by atoms with van der Waals surface area (Å²) in [6, 6.07) is 8.61. The zero-order chi connectivity index (χ0) is 20.3. The Hall–Kier alpha value is -1.11. The second kappa shape index (κ2) is 20.9. The zero-order valence-corrected chi connectivity index (χ0v) is 18.9. The summed E-state index contributed by atoms with van der Waals surface area (Å²) in [5.74, 6) is 1.90. The Morgan fingerprint density at radius 3 is 1.72 bits per heavy atom. The second-order valence-corrected chi connectivity index (χ2v) is 7.87. The van der Waals surface area contributed by atoms with Crippen LogP contribution in [0.4, 0.5) is 0 Å². The number of unbranched alkanes of at least 4 members (excludes halogenated alkanes) is 2. The third-order valence-electron chi connectivity index (χ3n) is 2.88. The predicted octanol–water partition coefficient (Wildman–Crippen LogP) is 8.04. The molecule has 1 aromatic rings. The van der Waals surface area contributed by atoms with Crippen LogP contribution in [0.15, 0.2) is 24.3 Å². The summed E-state index contributed by atoms with van der Waals surface area (Å²) in [7, 11) is 0. The molecule has 0 aliphatic rings. The van der Waals surface area contributed by atoms with Gasteiger partial charge in [-0.05, 0) is 44.6 Å². The van der Waals surface area contributed by atoms with E-state index >= 15 is 0 Å². The molecule has 25 heavy (non-hydrogen) atoms. The van der Waals surface area contributed by atoms with Crippen molar-refractivity contribution >= 4 is 5.78 Å². The fraction of sp³-hybridized carbons (Fsp3) is 0.708. The maximum atomic E-state index is 9.44. The minimum atomic E-state index is 0.167. The number of carbonyl (C=O) groups is 1. The number of Topliss-reactive ketones (excluding diaryl/α,β-unsaturated/α-hetero) is 1. The highest BCUT2D eigenvalue weighted by atomic mass is 16.1. The molecule has 0 unspecified atom stereocenters. The first kappa shape index (κ1) is 28.7. The Bertz CT molecular complexity index is 384. The van der Waals surface area contributed by atoms with Gasteiger partial charge in [0.1, 0.15) is 5.78 Å². The summed E-state index contributed by atoms with van der Waals surface area (Å²) in [5, 5.41) is 0. The highest BCUT2D eigenvalue weighted by molar-refractivity contribution is 5.72. The largest absolute Gasteiger partial charge is 0.300 e. The lowest BCUT2D eigenvalue weighted by Gasteiger charge is -2.00. The molecule has 1 rings (SSSR count). The number of carbonyl (C=O) groups excluding carboxylic acids is 1. The first-order valence-electron chi connectivity index (χ1n) is 10.1. The molecule has 0 amide bonds. The van der Waals surface area contributed by atoms with Crippen molar-refractivity contribution in [3.05, 3.63) is 35.4 Å². The molecule has 0 N–H and O–H groups in total. The molecular weight excluding hydrogens is 304 g/mol. The van der Waals surface area contributed by atoms with Gasteiger partial charge in [-0.3, -0.25) is 0 Å². The second-order valence-electron chi connectivity index (χ2n) is 7.87. The first-order valence-corrected chi connectivity index (χ1v) is 10.1. The number of hydrogen-bond acceptors (Lipinski definition) is 1. The Morgan fingerprint density at radius 1 is 0.960 bits per heavy atom. The summed E-state index contributed by atoms with van der Waals surface area (Å²) >= 11 is 0. The van der Waals surface area contributed by atoms with Crippen molar-refractivity contribution < 1.29 is 4.79 Å². The van der Waals surface area contributed by atoms with E-state index in [9.17, 15) is 4.79 Å². The molecule has 1 aromatic carbocycles. The Balaban J connectivity index is -0.000000277. The van der Waals surface area contributed by atoms with Gasteiger partial charge in [0.2, 0.25) is 0 Å². The van der Waals surface area contributed by atoms with E-state index in [4.69, 9.17) is 0 Å². The predicted molar refractivity (Wildman–Crippen MR) is 116 cm³/mol. The lowest BCUT2D eigenvalue weighted by atomic mass is 10.1. The third kappa shape index (κ3) is 39.6. The van der Waals surface area contributed by atoms with Crippen molar-refractivity contribution in [2.24, 2.45) is 11.8 Å². The number of ketones is 1. The SMILES string of the molecule is CC(C)=O.CC(C)C.CCCCCC(C)C.CCc1cccc(C)c1. The van der Waals surface area contributed by atoms with Gasteiger partial charge in [-0.1, -0.05) is 104 Å². The molecule has 0 fully saturated rings. The molecule has 0 saturated heterocycles. The van der Waals surface area contributed by atoms with Crippen molar-refractivity contribution in [3.63, 3.8) is 0 Å². The molecule has 0 radical (unpaired) electrons. The Kier molecular flexibility index (Phi) is 24.0. The van der Waals surface area contributed by atoms with Gasteiger partial charge in [0, 0.05) is 0 Å². The summed E-state index contributed by atoms with van der Waals surface area (Å²) < 4.78 is 0. The molecule has 0 bridgehead atoms. The molecule has 0 spiro atoms. The Morgan fingerprint density at radius 2 is 1.44 bits per heavy atom. The fourth-order valence-electron chi connectivity index (χ4n) is 1.73. The van der Waals surface area contributed by atoms with Gasteiger partial charge in [-0.15, -0.1) is 0 Å². The topological polar surface area (TPSA) is 17.1 Å². The molecule has 0 saturated carbocycles. The highest BCUT2D eigenvalue weighted by Crippen LogP contribution is 2.06. The van der Waals surface area contributed by atoms with Crippen molar-refractivity contribution in [3.8, 4) is 0 Å². The monoisotopic (exact) mass is 350 g/mol. The summed E-state index contributed by atoms with van der Waals surface area (Å²) in [4.78, 5) is 9.44. The van der Waals surface area contributed by atoms with Crippen LogP contribution in [0.5, 0.6) is 0 Å². The first-order chi connectivity index (χ1) is 11.6. The van der Waals surface area contributed by atoms with Crippen LogP contribution >= 0.6 is 0 Å². The van der Waals surface area contributed by atoms with E-state index in [1.807, 2.05) is 0 Å². The van der Waals surface area contributed by atoms with Gasteiger partial charge in [0.25, 0.3) is 0 Å². The quantitative estimate of drug-likeness (QED) is 0.491. The molecule has 0 atom stereocenters. The van der Waals surface area contributed by atoms with Gasteiger partial charge >= 0.3 is 0 Å². The fourth-order valence-corrected chi connectivity index (χ4v) is 1.73. The molecule has 148 valence electrons. The van der Waals surface area contributed by atoms with E-state index in [-0.39, 0.29) is 5.78 Å². The highest BCUT2D eigenvalue weighted by Gasteiger charge is 1.90. The van der Waals surface area contributed by atoms with E-state index in [1.165, 1.54) is 50.7 Å². The summed E-state index contributed by atoms with van der Waals surface area (Å²) in [6.45, 7) is 20.7. The maximum absolute atomic E-state index is 9.44. The van der Waals surface area contributed by atoms with Crippen LogP contribution in [0.25, 0.3) is 0 Å². The van der Waals surface area contributed by atoms with Crippen LogP contribution in [0.1, 0.15) is 99.1 Å². The molecule has 1 heteroatoms. The summed E-state index contributed by atoms with van der Waals surface area (Å²) in [6.07, 6.45) is 6.74. The average molecular weight is 351 g/mol. The van der Waals surface area contributed by atoms with E-state index in [1.54, 1.807) is 0 Å². The number of hydrogen-bond donors (Lipinski definition) is 0. The lowest BCUT2D eigenvalue weighted by molar-refractivity contribution is -0.114. The number of aryl methyl sites for hydroxylation is 2. The number of benzene rings is 1. The van der Waals surface area contributed by atoms with Gasteiger partial charge in [0.05, 0.1) is 0 Å². The van der Waals surface area contributed by atoms with Crippen LogP contribution in [0, 0.1) is 18.8 Å². The minimum absolute atomic E-state index is 0.167. The number of rotatable bonds is 5. The van der Waals surface area contributed by atoms with Crippen molar-refractivity contribution in [2.45, 2.75) is 101 Å². The molecule has 0 aromatic heterocycles. The van der Waals surface area contributed by atoms with Gasteiger partial charge in [-0.2, -0.15) is 0 Å². The van der Waals surface area contributed by atoms with Crippen molar-refractivity contribution in [2.75, 3.05) is 0 Å². The molecular formula is C24H46O. The van der Waals surface area contributed by atoms with Crippen LogP contribution in [0.2, 0.25) is 0 Å². The maximum Gasteiger partial charge on any atom is 0.126 e. The van der Waals surface area contributed by atoms with E-state index in [0.717, 1.165) is 18.3 Å². The van der Waals surface area contributed by atoms with Crippen LogP contribution in [-0.2, 0) is 11.2 Å². The Labute approximate surface area is 159 Å². The van der Waals surface area contributed by atoms with Gasteiger partial charge in [-0.25, -0.2) is 0 Å². The molecule has 0 aliphatic heterocycles. The zero-order valence-electron chi connectivity index (χ0n) is 18.9. The molecule has 0 aliphatic carbocycles. The van der Waals surface area contributed by atoms with E-state index in [0.29, 0.717) is 0 Å². The van der Waals surface area contributed by atoms with Gasteiger partial charge < -0.3 is 4.79 Å². The molecule has 0 heterocycles. The van der Waals surface area contributed by atoms with Crippen LogP contribution in [0.3, 0.4) is 0 Å². The van der Waals surface area contributed by atoms with E-state index in [2.05, 4.69) is 79.7 Å².